The minimum absolute atomic E-state index is 0.308. The zero-order valence-electron chi connectivity index (χ0n) is 10.2. The van der Waals surface area contributed by atoms with E-state index in [9.17, 15) is 0 Å². The van der Waals surface area contributed by atoms with Gasteiger partial charge in [-0.3, -0.25) is 0 Å². The number of nitrogens with two attached hydrogens (primary N) is 1. The molecule has 0 rings (SSSR count). The van der Waals surface area contributed by atoms with E-state index in [1.165, 1.54) is 25.7 Å². The first-order valence-corrected chi connectivity index (χ1v) is 5.78. The summed E-state index contributed by atoms with van der Waals surface area (Å²) in [7, 11) is 2.08. The molecule has 3 N–H and O–H groups in total. The molecule has 0 saturated heterocycles. The van der Waals surface area contributed by atoms with Gasteiger partial charge in [0, 0.05) is 12.5 Å². The molecule has 0 saturated carbocycles. The Labute approximate surface area is 93.1 Å². The first-order chi connectivity index (χ1) is 7.11. The monoisotopic (exact) mass is 215 g/mol. The third-order valence-corrected chi connectivity index (χ3v) is 2.75. The van der Waals surface area contributed by atoms with Crippen LogP contribution in [-0.2, 0) is 0 Å². The number of oxime groups is 1. The zero-order chi connectivity index (χ0) is 11.7. The number of amidine groups is 1. The van der Waals surface area contributed by atoms with Crippen molar-refractivity contribution in [3.63, 3.8) is 0 Å². The van der Waals surface area contributed by atoms with E-state index in [0.29, 0.717) is 18.3 Å². The summed E-state index contributed by atoms with van der Waals surface area (Å²) in [5.41, 5.74) is 5.46. The van der Waals surface area contributed by atoms with Crippen LogP contribution in [-0.4, -0.2) is 35.6 Å². The highest BCUT2D eigenvalue weighted by molar-refractivity contribution is 5.80. The summed E-state index contributed by atoms with van der Waals surface area (Å²) in [4.78, 5) is 2.26. The molecule has 0 radical (unpaired) electrons. The molecule has 0 aliphatic rings. The second-order valence-corrected chi connectivity index (χ2v) is 4.19. The van der Waals surface area contributed by atoms with Crippen molar-refractivity contribution in [2.45, 2.75) is 52.0 Å². The Morgan fingerprint density at radius 3 is 2.60 bits per heavy atom. The maximum Gasteiger partial charge on any atom is 0.140 e. The summed E-state index contributed by atoms with van der Waals surface area (Å²) in [6, 6.07) is 0.336. The lowest BCUT2D eigenvalue weighted by molar-refractivity contribution is 0.253. The smallest absolute Gasteiger partial charge is 0.140 e. The number of nitrogens with zero attached hydrogens (tertiary/aromatic N) is 2. The van der Waals surface area contributed by atoms with E-state index in [2.05, 4.69) is 31.0 Å². The highest BCUT2D eigenvalue weighted by Gasteiger charge is 2.10. The number of hydrogen-bond acceptors (Lipinski definition) is 3. The van der Waals surface area contributed by atoms with Crippen LogP contribution < -0.4 is 5.73 Å². The molecule has 0 heterocycles. The van der Waals surface area contributed by atoms with Crippen molar-refractivity contribution >= 4 is 5.84 Å². The van der Waals surface area contributed by atoms with Crippen LogP contribution in [0.5, 0.6) is 0 Å². The van der Waals surface area contributed by atoms with Crippen molar-refractivity contribution in [1.82, 2.24) is 4.90 Å². The van der Waals surface area contributed by atoms with E-state index in [1.807, 2.05) is 0 Å². The van der Waals surface area contributed by atoms with Gasteiger partial charge in [0.05, 0.1) is 0 Å². The standard InChI is InChI=1S/C11H25N3O/c1-4-5-6-7-8-14(3)10(2)9-11(12)13-15/h10,15H,4-9H2,1-3H3,(H2,12,13). The van der Waals surface area contributed by atoms with E-state index in [-0.39, 0.29) is 0 Å². The van der Waals surface area contributed by atoms with E-state index in [4.69, 9.17) is 10.9 Å². The van der Waals surface area contributed by atoms with Gasteiger partial charge in [-0.2, -0.15) is 0 Å². The Hall–Kier alpha value is -0.770. The van der Waals surface area contributed by atoms with Crippen molar-refractivity contribution in [3.8, 4) is 0 Å². The molecule has 0 aromatic rings. The minimum Gasteiger partial charge on any atom is -0.409 e. The van der Waals surface area contributed by atoms with Crippen molar-refractivity contribution in [2.24, 2.45) is 10.9 Å². The molecule has 15 heavy (non-hydrogen) atoms. The van der Waals surface area contributed by atoms with Crippen LogP contribution in [0.2, 0.25) is 0 Å². The number of hydrogen-bond donors (Lipinski definition) is 2. The highest BCUT2D eigenvalue weighted by atomic mass is 16.4. The molecule has 0 aromatic heterocycles. The van der Waals surface area contributed by atoms with Gasteiger partial charge in [0.1, 0.15) is 5.84 Å². The van der Waals surface area contributed by atoms with Gasteiger partial charge < -0.3 is 15.8 Å². The van der Waals surface area contributed by atoms with Crippen molar-refractivity contribution in [1.29, 1.82) is 0 Å². The summed E-state index contributed by atoms with van der Waals surface area (Å²) in [6.45, 7) is 5.39. The predicted octanol–water partition coefficient (Wildman–Crippen LogP) is 2.02. The van der Waals surface area contributed by atoms with Crippen LogP contribution in [0.25, 0.3) is 0 Å². The summed E-state index contributed by atoms with van der Waals surface area (Å²) in [5.74, 6) is 0.308. The van der Waals surface area contributed by atoms with Crippen LogP contribution in [0.15, 0.2) is 5.16 Å². The van der Waals surface area contributed by atoms with Crippen LogP contribution in [0, 0.1) is 0 Å². The van der Waals surface area contributed by atoms with Crippen LogP contribution in [0.3, 0.4) is 0 Å². The summed E-state index contributed by atoms with van der Waals surface area (Å²) in [6.07, 6.45) is 5.72. The Morgan fingerprint density at radius 2 is 2.07 bits per heavy atom. The summed E-state index contributed by atoms with van der Waals surface area (Å²) in [5, 5.41) is 11.4. The van der Waals surface area contributed by atoms with Gasteiger partial charge in [0.25, 0.3) is 0 Å². The third kappa shape index (κ3) is 7.19. The second-order valence-electron chi connectivity index (χ2n) is 4.19. The summed E-state index contributed by atoms with van der Waals surface area (Å²) < 4.78 is 0. The van der Waals surface area contributed by atoms with E-state index < -0.39 is 0 Å². The first kappa shape index (κ1) is 14.2. The Kier molecular flexibility index (Phi) is 8.09. The quantitative estimate of drug-likeness (QED) is 0.214. The molecule has 4 nitrogen and oxygen atoms in total. The van der Waals surface area contributed by atoms with Gasteiger partial charge in [0.15, 0.2) is 0 Å². The maximum atomic E-state index is 8.46. The fourth-order valence-corrected chi connectivity index (χ4v) is 1.51. The molecule has 1 atom stereocenters. The fourth-order valence-electron chi connectivity index (χ4n) is 1.51. The van der Waals surface area contributed by atoms with Crippen molar-refractivity contribution in [2.75, 3.05) is 13.6 Å². The van der Waals surface area contributed by atoms with Gasteiger partial charge >= 0.3 is 0 Å². The molecular weight excluding hydrogens is 190 g/mol. The van der Waals surface area contributed by atoms with Gasteiger partial charge in [-0.25, -0.2) is 0 Å². The fraction of sp³-hybridized carbons (Fsp3) is 0.909. The molecule has 4 heteroatoms. The van der Waals surface area contributed by atoms with Crippen molar-refractivity contribution < 1.29 is 5.21 Å². The Bertz CT molecular complexity index is 183. The lowest BCUT2D eigenvalue weighted by atomic mass is 10.1. The van der Waals surface area contributed by atoms with Crippen LogP contribution in [0.1, 0.15) is 46.0 Å². The SMILES string of the molecule is CCCCCCN(C)C(C)CC(N)=NO. The zero-order valence-corrected chi connectivity index (χ0v) is 10.2. The number of rotatable bonds is 8. The highest BCUT2D eigenvalue weighted by Crippen LogP contribution is 2.05. The van der Waals surface area contributed by atoms with Gasteiger partial charge in [0.2, 0.25) is 0 Å². The molecule has 0 aromatic carbocycles. The van der Waals surface area contributed by atoms with Crippen LogP contribution in [0.4, 0.5) is 0 Å². The van der Waals surface area contributed by atoms with Crippen molar-refractivity contribution in [3.05, 3.63) is 0 Å². The summed E-state index contributed by atoms with van der Waals surface area (Å²) >= 11 is 0. The first-order valence-electron chi connectivity index (χ1n) is 5.78. The molecule has 0 fully saturated rings. The minimum atomic E-state index is 0.308. The normalized spacial score (nSPS) is 14.5. The molecule has 0 bridgehead atoms. The molecule has 0 aliphatic heterocycles. The maximum absolute atomic E-state index is 8.46. The van der Waals surface area contributed by atoms with Gasteiger partial charge in [-0.1, -0.05) is 31.3 Å². The molecular formula is C11H25N3O. The van der Waals surface area contributed by atoms with E-state index in [1.54, 1.807) is 0 Å². The second kappa shape index (κ2) is 8.53. The predicted molar refractivity (Wildman–Crippen MR) is 64.3 cm³/mol. The number of unbranched alkanes of at least 4 members (excludes halogenated alkanes) is 3. The van der Waals surface area contributed by atoms with Gasteiger partial charge in [-0.05, 0) is 26.9 Å². The van der Waals surface area contributed by atoms with E-state index in [0.717, 1.165) is 6.54 Å². The van der Waals surface area contributed by atoms with Gasteiger partial charge in [-0.15, -0.1) is 0 Å². The molecule has 90 valence electrons. The van der Waals surface area contributed by atoms with E-state index >= 15 is 0 Å². The lowest BCUT2D eigenvalue weighted by Gasteiger charge is -2.24. The molecule has 0 aliphatic carbocycles. The average Bonchev–Trinajstić information content (AvgIpc) is 2.23. The largest absolute Gasteiger partial charge is 0.409 e. The lowest BCUT2D eigenvalue weighted by Crippen LogP contribution is -2.33. The average molecular weight is 215 g/mol. The van der Waals surface area contributed by atoms with Crippen LogP contribution >= 0.6 is 0 Å². The molecule has 0 amide bonds. The molecule has 1 unspecified atom stereocenters. The third-order valence-electron chi connectivity index (χ3n) is 2.75. The Balaban J connectivity index is 3.64. The Morgan fingerprint density at radius 1 is 1.40 bits per heavy atom. The topological polar surface area (TPSA) is 61.8 Å². The molecule has 0 spiro atoms.